The molecule has 0 spiro atoms. The van der Waals surface area contributed by atoms with Crippen molar-refractivity contribution in [3.05, 3.63) is 52.1 Å². The third-order valence-corrected chi connectivity index (χ3v) is 3.63. The molecular weight excluding hydrogens is 372 g/mol. The van der Waals surface area contributed by atoms with Gasteiger partial charge in [0.2, 0.25) is 0 Å². The largest absolute Gasteiger partial charge is 0.497 e. The summed E-state index contributed by atoms with van der Waals surface area (Å²) < 4.78 is 20.0. The molecule has 0 saturated carbocycles. The number of nitro benzene ring substituents is 1. The van der Waals surface area contributed by atoms with Gasteiger partial charge in [0.1, 0.15) is 11.5 Å². The third-order valence-electron chi connectivity index (χ3n) is 3.63. The highest BCUT2D eigenvalue weighted by atomic mass is 16.6. The normalized spacial score (nSPS) is 9.96. The number of amides is 1. The van der Waals surface area contributed by atoms with Gasteiger partial charge in [-0.2, -0.15) is 0 Å². The minimum atomic E-state index is -0.886. The number of rotatable bonds is 8. The highest BCUT2D eigenvalue weighted by Gasteiger charge is 2.19. The minimum Gasteiger partial charge on any atom is -0.497 e. The number of hydrogen-bond acceptors (Lipinski definition) is 8. The lowest BCUT2D eigenvalue weighted by molar-refractivity contribution is -0.385. The topological polar surface area (TPSA) is 126 Å². The van der Waals surface area contributed by atoms with E-state index in [9.17, 15) is 19.7 Å². The van der Waals surface area contributed by atoms with Crippen molar-refractivity contribution in [1.29, 1.82) is 0 Å². The second kappa shape index (κ2) is 9.21. The Balaban J connectivity index is 2.02. The van der Waals surface area contributed by atoms with Crippen LogP contribution in [0.15, 0.2) is 36.4 Å². The van der Waals surface area contributed by atoms with E-state index in [2.05, 4.69) is 5.32 Å². The Kier molecular flexibility index (Phi) is 6.74. The smallest absolute Gasteiger partial charge is 0.338 e. The molecule has 2 rings (SSSR count). The summed E-state index contributed by atoms with van der Waals surface area (Å²) in [6, 6.07) is 8.38. The lowest BCUT2D eigenvalue weighted by atomic mass is 10.2. The first kappa shape index (κ1) is 20.5. The highest BCUT2D eigenvalue weighted by Crippen LogP contribution is 2.29. The Morgan fingerprint density at radius 3 is 2.32 bits per heavy atom. The maximum absolute atomic E-state index is 12.1. The molecule has 10 nitrogen and oxygen atoms in total. The lowest BCUT2D eigenvalue weighted by Gasteiger charge is -2.12. The summed E-state index contributed by atoms with van der Waals surface area (Å²) in [6.07, 6.45) is 0. The summed E-state index contributed by atoms with van der Waals surface area (Å²) >= 11 is 0. The van der Waals surface area contributed by atoms with Crippen LogP contribution in [0.25, 0.3) is 0 Å². The number of nitrogens with zero attached hydrogens (tertiary/aromatic N) is 1. The molecule has 1 amide bonds. The maximum atomic E-state index is 12.1. The van der Waals surface area contributed by atoms with Crippen molar-refractivity contribution in [3.8, 4) is 17.2 Å². The van der Waals surface area contributed by atoms with Gasteiger partial charge in [-0.3, -0.25) is 14.9 Å². The number of methoxy groups -OCH3 is 3. The summed E-state index contributed by atoms with van der Waals surface area (Å²) in [5.74, 6) is -0.583. The second-order valence-corrected chi connectivity index (χ2v) is 5.33. The Morgan fingerprint density at radius 2 is 1.71 bits per heavy atom. The minimum absolute atomic E-state index is 0.00546. The molecule has 0 fully saturated rings. The van der Waals surface area contributed by atoms with E-state index in [1.165, 1.54) is 33.5 Å². The molecule has 0 heterocycles. The Labute approximate surface area is 160 Å². The first-order chi connectivity index (χ1) is 13.4. The first-order valence-corrected chi connectivity index (χ1v) is 7.91. The fourth-order valence-electron chi connectivity index (χ4n) is 2.26. The van der Waals surface area contributed by atoms with Crippen molar-refractivity contribution in [2.24, 2.45) is 0 Å². The van der Waals surface area contributed by atoms with Crippen molar-refractivity contribution < 1.29 is 33.5 Å². The third kappa shape index (κ3) is 4.87. The van der Waals surface area contributed by atoms with E-state index in [1.54, 1.807) is 18.2 Å². The average Bonchev–Trinajstić information content (AvgIpc) is 2.71. The van der Waals surface area contributed by atoms with Crippen LogP contribution in [0, 0.1) is 10.1 Å². The van der Waals surface area contributed by atoms with Crippen LogP contribution in [0.3, 0.4) is 0 Å². The van der Waals surface area contributed by atoms with E-state index < -0.39 is 23.4 Å². The van der Waals surface area contributed by atoms with E-state index in [0.29, 0.717) is 17.2 Å². The molecule has 0 unspecified atom stereocenters. The predicted molar refractivity (Wildman–Crippen MR) is 98.1 cm³/mol. The van der Waals surface area contributed by atoms with E-state index in [0.717, 1.165) is 6.07 Å². The van der Waals surface area contributed by atoms with Crippen molar-refractivity contribution in [3.63, 3.8) is 0 Å². The van der Waals surface area contributed by atoms with Gasteiger partial charge in [-0.15, -0.1) is 0 Å². The zero-order valence-electron chi connectivity index (χ0n) is 15.4. The SMILES string of the molecule is COc1ccc(NC(=O)COC(=O)c2ccc(OC)c([N+](=O)[O-])c2)c(OC)c1. The number of nitro groups is 1. The van der Waals surface area contributed by atoms with E-state index in [1.807, 2.05) is 0 Å². The van der Waals surface area contributed by atoms with Crippen LogP contribution in [-0.2, 0) is 9.53 Å². The number of benzene rings is 2. The van der Waals surface area contributed by atoms with Crippen LogP contribution >= 0.6 is 0 Å². The van der Waals surface area contributed by atoms with Gasteiger partial charge >= 0.3 is 11.7 Å². The molecule has 0 aliphatic carbocycles. The predicted octanol–water partition coefficient (Wildman–Crippen LogP) is 2.42. The summed E-state index contributed by atoms with van der Waals surface area (Å²) in [5, 5.41) is 13.6. The quantitative estimate of drug-likeness (QED) is 0.414. The first-order valence-electron chi connectivity index (χ1n) is 7.91. The second-order valence-electron chi connectivity index (χ2n) is 5.33. The van der Waals surface area contributed by atoms with Gasteiger partial charge in [0, 0.05) is 12.1 Å². The number of carbonyl (C=O) groups excluding carboxylic acids is 2. The van der Waals surface area contributed by atoms with Crippen LogP contribution < -0.4 is 19.5 Å². The van der Waals surface area contributed by atoms with Crippen molar-refractivity contribution in [2.45, 2.75) is 0 Å². The number of nitrogens with one attached hydrogen (secondary N) is 1. The summed E-state index contributed by atoms with van der Waals surface area (Å²) in [6.45, 7) is -0.589. The number of hydrogen-bond donors (Lipinski definition) is 1. The molecule has 1 N–H and O–H groups in total. The molecule has 0 saturated heterocycles. The van der Waals surface area contributed by atoms with Gasteiger partial charge < -0.3 is 24.3 Å². The number of esters is 1. The van der Waals surface area contributed by atoms with Crippen LogP contribution in [0.1, 0.15) is 10.4 Å². The monoisotopic (exact) mass is 390 g/mol. The highest BCUT2D eigenvalue weighted by molar-refractivity contribution is 5.96. The van der Waals surface area contributed by atoms with Crippen LogP contribution in [0.5, 0.6) is 17.2 Å². The molecule has 0 aromatic heterocycles. The summed E-state index contributed by atoms with van der Waals surface area (Å²) in [4.78, 5) is 34.5. The van der Waals surface area contributed by atoms with Gasteiger partial charge in [-0.05, 0) is 24.3 Å². The molecule has 0 aliphatic rings. The molecule has 2 aromatic carbocycles. The van der Waals surface area contributed by atoms with Gasteiger partial charge in [-0.25, -0.2) is 4.79 Å². The van der Waals surface area contributed by atoms with Gasteiger partial charge in [0.25, 0.3) is 5.91 Å². The zero-order chi connectivity index (χ0) is 20.7. The van der Waals surface area contributed by atoms with Gasteiger partial charge in [0.15, 0.2) is 12.4 Å². The number of ether oxygens (including phenoxy) is 4. The Bertz CT molecular complexity index is 897. The van der Waals surface area contributed by atoms with E-state index in [4.69, 9.17) is 18.9 Å². The van der Waals surface area contributed by atoms with Gasteiger partial charge in [-0.1, -0.05) is 0 Å². The Morgan fingerprint density at radius 1 is 1.00 bits per heavy atom. The van der Waals surface area contributed by atoms with Crippen LogP contribution in [0.2, 0.25) is 0 Å². The molecule has 148 valence electrons. The van der Waals surface area contributed by atoms with E-state index >= 15 is 0 Å². The fourth-order valence-corrected chi connectivity index (χ4v) is 2.26. The van der Waals surface area contributed by atoms with Crippen molar-refractivity contribution in [2.75, 3.05) is 33.3 Å². The number of anilines is 1. The molecule has 2 aromatic rings. The van der Waals surface area contributed by atoms with Crippen molar-refractivity contribution >= 4 is 23.3 Å². The summed E-state index contributed by atoms with van der Waals surface area (Å²) in [5.41, 5.74) is -0.101. The zero-order valence-corrected chi connectivity index (χ0v) is 15.4. The molecule has 0 aliphatic heterocycles. The van der Waals surface area contributed by atoms with Crippen LogP contribution in [-0.4, -0.2) is 44.7 Å². The fraction of sp³-hybridized carbons (Fsp3) is 0.222. The molecule has 28 heavy (non-hydrogen) atoms. The number of carbonyl (C=O) groups is 2. The van der Waals surface area contributed by atoms with Crippen molar-refractivity contribution in [1.82, 2.24) is 0 Å². The van der Waals surface area contributed by atoms with Crippen LogP contribution in [0.4, 0.5) is 11.4 Å². The molecule has 10 heteroatoms. The molecular formula is C18H18N2O8. The standard InChI is InChI=1S/C18H18N2O8/c1-25-12-5-6-13(16(9-12)27-3)19-17(21)10-28-18(22)11-4-7-15(26-2)14(8-11)20(23)24/h4-9H,10H2,1-3H3,(H,19,21). The van der Waals surface area contributed by atoms with E-state index in [-0.39, 0.29) is 17.0 Å². The Hall–Kier alpha value is -3.82. The molecule has 0 bridgehead atoms. The summed E-state index contributed by atoms with van der Waals surface area (Å²) in [7, 11) is 4.20. The van der Waals surface area contributed by atoms with Gasteiger partial charge in [0.05, 0.1) is 37.5 Å². The molecule has 0 atom stereocenters. The average molecular weight is 390 g/mol. The molecule has 0 radical (unpaired) electrons. The maximum Gasteiger partial charge on any atom is 0.338 e. The lowest BCUT2D eigenvalue weighted by Crippen LogP contribution is -2.21.